The van der Waals surface area contributed by atoms with Gasteiger partial charge in [0, 0.05) is 13.5 Å². The van der Waals surface area contributed by atoms with E-state index in [4.69, 9.17) is 0 Å². The van der Waals surface area contributed by atoms with E-state index in [1.165, 1.54) is 24.0 Å². The van der Waals surface area contributed by atoms with Gasteiger partial charge in [-0.25, -0.2) is 0 Å². The zero-order valence-electron chi connectivity index (χ0n) is 13.0. The third-order valence-corrected chi connectivity index (χ3v) is 5.13. The topological polar surface area (TPSA) is 32.3 Å². The van der Waals surface area contributed by atoms with Crippen molar-refractivity contribution in [1.82, 2.24) is 10.2 Å². The van der Waals surface area contributed by atoms with Crippen LogP contribution in [0.2, 0.25) is 0 Å². The smallest absolute Gasteiger partial charge is 0.222 e. The minimum absolute atomic E-state index is 0.282. The predicted molar refractivity (Wildman–Crippen MR) is 85.1 cm³/mol. The number of aryl methyl sites for hydroxylation is 1. The molecule has 21 heavy (non-hydrogen) atoms. The maximum Gasteiger partial charge on any atom is 0.222 e. The van der Waals surface area contributed by atoms with Gasteiger partial charge in [-0.2, -0.15) is 0 Å². The summed E-state index contributed by atoms with van der Waals surface area (Å²) < 4.78 is 0. The Morgan fingerprint density at radius 3 is 3.00 bits per heavy atom. The van der Waals surface area contributed by atoms with Crippen LogP contribution in [0, 0.1) is 5.92 Å². The van der Waals surface area contributed by atoms with Crippen LogP contribution in [0.4, 0.5) is 0 Å². The highest BCUT2D eigenvalue weighted by molar-refractivity contribution is 5.76. The Morgan fingerprint density at radius 1 is 1.33 bits per heavy atom. The number of fused-ring (bicyclic) bond motifs is 1. The van der Waals surface area contributed by atoms with Crippen molar-refractivity contribution in [1.29, 1.82) is 0 Å². The van der Waals surface area contributed by atoms with Crippen molar-refractivity contribution in [3.05, 3.63) is 35.4 Å². The Hall–Kier alpha value is -1.35. The molecule has 0 bridgehead atoms. The van der Waals surface area contributed by atoms with Crippen molar-refractivity contribution in [2.45, 2.75) is 44.6 Å². The molecule has 0 radical (unpaired) electrons. The molecule has 3 rings (SSSR count). The molecule has 1 heterocycles. The molecule has 3 heteroatoms. The molecule has 1 aliphatic heterocycles. The van der Waals surface area contributed by atoms with Crippen LogP contribution < -0.4 is 5.32 Å². The number of benzene rings is 1. The Morgan fingerprint density at radius 2 is 2.19 bits per heavy atom. The summed E-state index contributed by atoms with van der Waals surface area (Å²) in [5.41, 5.74) is 2.79. The van der Waals surface area contributed by atoms with Crippen LogP contribution in [0.5, 0.6) is 0 Å². The molecule has 2 aliphatic rings. The first kappa shape index (κ1) is 14.6. The number of nitrogens with one attached hydrogen (secondary N) is 1. The van der Waals surface area contributed by atoms with Gasteiger partial charge in [-0.05, 0) is 62.2 Å². The third kappa shape index (κ3) is 3.29. The Balaban J connectivity index is 1.62. The lowest BCUT2D eigenvalue weighted by Gasteiger charge is -2.33. The fraction of sp³-hybridized carbons (Fsp3) is 0.611. The molecule has 1 aliphatic carbocycles. The number of hydrogen-bond donors (Lipinski definition) is 1. The summed E-state index contributed by atoms with van der Waals surface area (Å²) in [5.74, 6) is 1.00. The van der Waals surface area contributed by atoms with Crippen LogP contribution in [-0.2, 0) is 11.2 Å². The molecule has 0 spiro atoms. The van der Waals surface area contributed by atoms with Crippen molar-refractivity contribution >= 4 is 5.91 Å². The van der Waals surface area contributed by atoms with Crippen LogP contribution in [0.1, 0.15) is 49.3 Å². The number of amides is 1. The van der Waals surface area contributed by atoms with Crippen LogP contribution in [-0.4, -0.2) is 30.9 Å². The molecule has 1 amide bonds. The Kier molecular flexibility index (Phi) is 4.59. The quantitative estimate of drug-likeness (QED) is 0.923. The largest absolute Gasteiger partial charge is 0.339 e. The van der Waals surface area contributed by atoms with Crippen molar-refractivity contribution in [3.63, 3.8) is 0 Å². The second-order valence-electron chi connectivity index (χ2n) is 6.51. The lowest BCUT2D eigenvalue weighted by atomic mass is 9.87. The molecule has 114 valence electrons. The minimum atomic E-state index is 0.282. The number of rotatable bonds is 4. The minimum Gasteiger partial charge on any atom is -0.339 e. The first-order chi connectivity index (χ1) is 10.3. The fourth-order valence-electron chi connectivity index (χ4n) is 3.77. The summed E-state index contributed by atoms with van der Waals surface area (Å²) in [6.07, 6.45) is 6.40. The van der Waals surface area contributed by atoms with E-state index in [1.54, 1.807) is 0 Å². The predicted octanol–water partition coefficient (Wildman–Crippen LogP) is 2.91. The van der Waals surface area contributed by atoms with Gasteiger partial charge in [-0.15, -0.1) is 0 Å². The first-order valence-electron chi connectivity index (χ1n) is 8.30. The lowest BCUT2D eigenvalue weighted by molar-refractivity contribution is -0.132. The van der Waals surface area contributed by atoms with Crippen LogP contribution in [0.3, 0.4) is 0 Å². The highest BCUT2D eigenvalue weighted by Crippen LogP contribution is 2.33. The highest BCUT2D eigenvalue weighted by Gasteiger charge is 2.26. The van der Waals surface area contributed by atoms with Gasteiger partial charge < -0.3 is 10.2 Å². The van der Waals surface area contributed by atoms with Gasteiger partial charge in [-0.3, -0.25) is 4.79 Å². The molecule has 2 atom stereocenters. The summed E-state index contributed by atoms with van der Waals surface area (Å²) in [6, 6.07) is 8.90. The molecule has 1 fully saturated rings. The average molecular weight is 286 g/mol. The average Bonchev–Trinajstić information content (AvgIpc) is 3.05. The zero-order valence-corrected chi connectivity index (χ0v) is 13.0. The molecule has 0 aromatic heterocycles. The maximum absolute atomic E-state index is 12.5. The SMILES string of the molecule is CN(C(=O)CCC1CCNC1)C1CCCc2ccccc21. The van der Waals surface area contributed by atoms with E-state index in [2.05, 4.69) is 29.6 Å². The zero-order chi connectivity index (χ0) is 14.7. The van der Waals surface area contributed by atoms with Crippen molar-refractivity contribution < 1.29 is 4.79 Å². The number of hydrogen-bond acceptors (Lipinski definition) is 2. The molecule has 1 aromatic carbocycles. The van der Waals surface area contributed by atoms with Crippen molar-refractivity contribution in [2.24, 2.45) is 5.92 Å². The monoisotopic (exact) mass is 286 g/mol. The van der Waals surface area contributed by atoms with Crippen LogP contribution in [0.15, 0.2) is 24.3 Å². The molecule has 0 saturated carbocycles. The Bertz CT molecular complexity index is 494. The fourth-order valence-corrected chi connectivity index (χ4v) is 3.77. The van der Waals surface area contributed by atoms with Gasteiger partial charge in [0.05, 0.1) is 6.04 Å². The summed E-state index contributed by atoms with van der Waals surface area (Å²) in [4.78, 5) is 14.5. The second kappa shape index (κ2) is 6.61. The van der Waals surface area contributed by atoms with Gasteiger partial charge in [0.2, 0.25) is 5.91 Å². The molecule has 2 unspecified atom stereocenters. The molecule has 1 saturated heterocycles. The third-order valence-electron chi connectivity index (χ3n) is 5.13. The summed E-state index contributed by atoms with van der Waals surface area (Å²) in [7, 11) is 1.99. The molecule has 1 N–H and O–H groups in total. The van der Waals surface area contributed by atoms with E-state index in [0.717, 1.165) is 32.4 Å². The number of nitrogens with zero attached hydrogens (tertiary/aromatic N) is 1. The van der Waals surface area contributed by atoms with Crippen molar-refractivity contribution in [2.75, 3.05) is 20.1 Å². The van der Waals surface area contributed by atoms with E-state index < -0.39 is 0 Å². The summed E-state index contributed by atoms with van der Waals surface area (Å²) >= 11 is 0. The number of carbonyl (C=O) groups excluding carboxylic acids is 1. The molecular formula is C18H26N2O. The van der Waals surface area contributed by atoms with E-state index in [-0.39, 0.29) is 6.04 Å². The normalized spacial score (nSPS) is 24.6. The van der Waals surface area contributed by atoms with Crippen molar-refractivity contribution in [3.8, 4) is 0 Å². The molecule has 3 nitrogen and oxygen atoms in total. The van der Waals surface area contributed by atoms with E-state index in [1.807, 2.05) is 11.9 Å². The molecular weight excluding hydrogens is 260 g/mol. The van der Waals surface area contributed by atoms with E-state index in [9.17, 15) is 4.79 Å². The Labute approximate surface area is 127 Å². The van der Waals surface area contributed by atoms with E-state index in [0.29, 0.717) is 18.2 Å². The van der Waals surface area contributed by atoms with Gasteiger partial charge in [-0.1, -0.05) is 24.3 Å². The molecule has 1 aromatic rings. The summed E-state index contributed by atoms with van der Waals surface area (Å²) in [5, 5.41) is 3.38. The first-order valence-corrected chi connectivity index (χ1v) is 8.30. The van der Waals surface area contributed by atoms with Gasteiger partial charge >= 0.3 is 0 Å². The summed E-state index contributed by atoms with van der Waals surface area (Å²) in [6.45, 7) is 2.20. The van der Waals surface area contributed by atoms with Gasteiger partial charge in [0.1, 0.15) is 0 Å². The van der Waals surface area contributed by atoms with Gasteiger partial charge in [0.25, 0.3) is 0 Å². The van der Waals surface area contributed by atoms with Gasteiger partial charge in [0.15, 0.2) is 0 Å². The van der Waals surface area contributed by atoms with Crippen LogP contribution in [0.25, 0.3) is 0 Å². The second-order valence-corrected chi connectivity index (χ2v) is 6.51. The lowest BCUT2D eigenvalue weighted by Crippen LogP contribution is -2.33. The number of carbonyl (C=O) groups is 1. The maximum atomic E-state index is 12.5. The highest BCUT2D eigenvalue weighted by atomic mass is 16.2. The van der Waals surface area contributed by atoms with E-state index >= 15 is 0 Å². The van der Waals surface area contributed by atoms with Crippen LogP contribution >= 0.6 is 0 Å². The standard InChI is InChI=1S/C18H26N2O/c1-20(18(21)10-9-14-11-12-19-13-14)17-8-4-6-15-5-2-3-7-16(15)17/h2-3,5,7,14,17,19H,4,6,8-13H2,1H3.